The van der Waals surface area contributed by atoms with E-state index in [0.717, 1.165) is 11.3 Å². The number of nitrogens with zero attached hydrogens (tertiary/aromatic N) is 3. The molecule has 37 heavy (non-hydrogen) atoms. The number of fused-ring (bicyclic) bond motifs is 1. The molecule has 1 heterocycles. The van der Waals surface area contributed by atoms with Crippen molar-refractivity contribution in [2.24, 2.45) is 0 Å². The number of anilines is 1. The van der Waals surface area contributed by atoms with Crippen LogP contribution in [0.5, 0.6) is 5.75 Å². The number of aryl methyl sites for hydroxylation is 1. The first kappa shape index (κ1) is 25.9. The Morgan fingerprint density at radius 3 is 2.46 bits per heavy atom. The lowest BCUT2D eigenvalue weighted by atomic mass is 10.1. The molecule has 8 nitrogen and oxygen atoms in total. The van der Waals surface area contributed by atoms with Gasteiger partial charge in [0.1, 0.15) is 11.6 Å². The molecule has 0 aliphatic heterocycles. The molecule has 1 aromatic heterocycles. The lowest BCUT2D eigenvalue weighted by molar-refractivity contribution is 0.131. The average Bonchev–Trinajstić information content (AvgIpc) is 2.92. The number of methoxy groups -OCH3 is 2. The van der Waals surface area contributed by atoms with Crippen LogP contribution in [0.4, 0.5) is 10.5 Å². The molecule has 8 heteroatoms. The molecular formula is C29H32N4O4. The number of amides is 2. The minimum absolute atomic E-state index is 0.227. The van der Waals surface area contributed by atoms with E-state index < -0.39 is 6.04 Å². The largest absolute Gasteiger partial charge is 0.495 e. The number of ether oxygens (including phenoxy) is 2. The molecule has 2 amide bonds. The lowest BCUT2D eigenvalue weighted by Crippen LogP contribution is -2.42. The van der Waals surface area contributed by atoms with Crippen LogP contribution < -0.4 is 15.6 Å². The normalized spacial score (nSPS) is 11.8. The molecule has 0 saturated carbocycles. The van der Waals surface area contributed by atoms with Crippen molar-refractivity contribution in [3.05, 3.63) is 94.5 Å². The van der Waals surface area contributed by atoms with E-state index in [0.29, 0.717) is 47.7 Å². The minimum atomic E-state index is -0.526. The topological polar surface area (TPSA) is 85.7 Å². The zero-order valence-corrected chi connectivity index (χ0v) is 21.6. The van der Waals surface area contributed by atoms with Crippen LogP contribution in [0.1, 0.15) is 30.8 Å². The molecule has 1 atom stereocenters. The van der Waals surface area contributed by atoms with Crippen LogP contribution in [-0.2, 0) is 4.74 Å². The zero-order chi connectivity index (χ0) is 26.4. The number of carbonyl (C=O) groups excluding carboxylic acids is 1. The van der Waals surface area contributed by atoms with Crippen LogP contribution in [0.2, 0.25) is 0 Å². The minimum Gasteiger partial charge on any atom is -0.495 e. The second kappa shape index (κ2) is 11.7. The number of benzene rings is 3. The zero-order valence-electron chi connectivity index (χ0n) is 21.6. The summed E-state index contributed by atoms with van der Waals surface area (Å²) in [4.78, 5) is 34.2. The van der Waals surface area contributed by atoms with E-state index in [1.165, 1.54) is 0 Å². The lowest BCUT2D eigenvalue weighted by Gasteiger charge is -2.32. The molecule has 0 fully saturated rings. The summed E-state index contributed by atoms with van der Waals surface area (Å²) < 4.78 is 12.5. The van der Waals surface area contributed by atoms with Crippen molar-refractivity contribution in [1.82, 2.24) is 14.5 Å². The van der Waals surface area contributed by atoms with E-state index in [2.05, 4.69) is 5.32 Å². The highest BCUT2D eigenvalue weighted by molar-refractivity contribution is 5.90. The third kappa shape index (κ3) is 5.34. The van der Waals surface area contributed by atoms with E-state index in [9.17, 15) is 9.59 Å². The maximum absolute atomic E-state index is 13.9. The molecular weight excluding hydrogens is 468 g/mol. The number of aromatic nitrogens is 2. The van der Waals surface area contributed by atoms with Crippen LogP contribution in [-0.4, -0.2) is 47.9 Å². The van der Waals surface area contributed by atoms with Gasteiger partial charge in [0.2, 0.25) is 0 Å². The number of para-hydroxylation sites is 4. The van der Waals surface area contributed by atoms with Crippen molar-refractivity contribution in [2.75, 3.05) is 32.7 Å². The molecule has 1 unspecified atom stereocenters. The van der Waals surface area contributed by atoms with Crippen LogP contribution in [0.3, 0.4) is 0 Å². The van der Waals surface area contributed by atoms with Crippen LogP contribution in [0, 0.1) is 6.92 Å². The fraction of sp³-hybridized carbons (Fsp3) is 0.276. The van der Waals surface area contributed by atoms with Crippen LogP contribution in [0.15, 0.2) is 77.6 Å². The molecule has 0 bridgehead atoms. The first-order valence-corrected chi connectivity index (χ1v) is 12.3. The van der Waals surface area contributed by atoms with Crippen LogP contribution in [0.25, 0.3) is 16.6 Å². The number of carbonyl (C=O) groups is 1. The third-order valence-corrected chi connectivity index (χ3v) is 6.37. The van der Waals surface area contributed by atoms with Crippen LogP contribution >= 0.6 is 0 Å². The van der Waals surface area contributed by atoms with Gasteiger partial charge < -0.3 is 19.7 Å². The molecule has 0 aliphatic carbocycles. The fourth-order valence-electron chi connectivity index (χ4n) is 4.45. The van der Waals surface area contributed by atoms with E-state index in [1.807, 2.05) is 74.5 Å². The second-order valence-electron chi connectivity index (χ2n) is 8.65. The molecule has 0 saturated heterocycles. The summed E-state index contributed by atoms with van der Waals surface area (Å²) in [5.41, 5.74) is 2.57. The highest BCUT2D eigenvalue weighted by Gasteiger charge is 2.30. The summed E-state index contributed by atoms with van der Waals surface area (Å²) in [6.45, 7) is 4.54. The number of nitrogens with one attached hydrogen (secondary N) is 1. The van der Waals surface area contributed by atoms with Gasteiger partial charge in [0.25, 0.3) is 5.56 Å². The van der Waals surface area contributed by atoms with Gasteiger partial charge in [0.15, 0.2) is 0 Å². The van der Waals surface area contributed by atoms with E-state index >= 15 is 0 Å². The Morgan fingerprint density at radius 2 is 1.73 bits per heavy atom. The number of urea groups is 1. The summed E-state index contributed by atoms with van der Waals surface area (Å²) >= 11 is 0. The Bertz CT molecular complexity index is 1450. The van der Waals surface area contributed by atoms with E-state index in [-0.39, 0.29) is 11.6 Å². The van der Waals surface area contributed by atoms with Gasteiger partial charge in [-0.15, -0.1) is 0 Å². The Balaban J connectivity index is 1.91. The van der Waals surface area contributed by atoms with Gasteiger partial charge in [-0.1, -0.05) is 49.4 Å². The number of hydrogen-bond acceptors (Lipinski definition) is 5. The van der Waals surface area contributed by atoms with Crippen molar-refractivity contribution >= 4 is 22.6 Å². The first-order chi connectivity index (χ1) is 18.0. The van der Waals surface area contributed by atoms with Crippen molar-refractivity contribution in [3.63, 3.8) is 0 Å². The summed E-state index contributed by atoms with van der Waals surface area (Å²) in [6.07, 6.45) is 0.519. The maximum Gasteiger partial charge on any atom is 0.322 e. The quantitative estimate of drug-likeness (QED) is 0.336. The molecule has 3 aromatic carbocycles. The SMILES string of the molecule is CCC(c1nc2ccccc2c(=O)n1-c1ccccc1OC)N(CCOC)C(=O)Nc1ccccc1C. The number of hydrogen-bond donors (Lipinski definition) is 1. The molecule has 192 valence electrons. The molecule has 4 rings (SSSR count). The second-order valence-corrected chi connectivity index (χ2v) is 8.65. The van der Waals surface area contributed by atoms with Gasteiger partial charge in [-0.3, -0.25) is 9.36 Å². The molecule has 0 aliphatic rings. The summed E-state index contributed by atoms with van der Waals surface area (Å²) in [7, 11) is 3.16. The molecule has 0 spiro atoms. The Hall–Kier alpha value is -4.17. The summed E-state index contributed by atoms with van der Waals surface area (Å²) in [5, 5.41) is 3.51. The molecule has 0 radical (unpaired) electrons. The third-order valence-electron chi connectivity index (χ3n) is 6.37. The molecule has 1 N–H and O–H groups in total. The van der Waals surface area contributed by atoms with Gasteiger partial charge in [-0.2, -0.15) is 0 Å². The highest BCUT2D eigenvalue weighted by atomic mass is 16.5. The predicted octanol–water partition coefficient (Wildman–Crippen LogP) is 5.33. The average molecular weight is 501 g/mol. The van der Waals surface area contributed by atoms with Crippen molar-refractivity contribution in [3.8, 4) is 11.4 Å². The fourth-order valence-corrected chi connectivity index (χ4v) is 4.45. The standard InChI is InChI=1S/C29H32N4O4/c1-5-24(32(18-19-36-3)29(35)31-22-14-8-6-12-20(22)2)27-30-23-15-9-7-13-21(23)28(34)33(27)25-16-10-11-17-26(25)37-4/h6-17,24H,5,18-19H2,1-4H3,(H,31,35). The van der Waals surface area contributed by atoms with Gasteiger partial charge in [-0.05, 0) is 49.2 Å². The maximum atomic E-state index is 13.9. The monoisotopic (exact) mass is 500 g/mol. The van der Waals surface area contributed by atoms with Gasteiger partial charge in [0, 0.05) is 19.3 Å². The van der Waals surface area contributed by atoms with Gasteiger partial charge in [0.05, 0.1) is 36.3 Å². The summed E-state index contributed by atoms with van der Waals surface area (Å²) in [5.74, 6) is 0.984. The van der Waals surface area contributed by atoms with Crippen molar-refractivity contribution in [2.45, 2.75) is 26.3 Å². The predicted molar refractivity (Wildman–Crippen MR) is 146 cm³/mol. The van der Waals surface area contributed by atoms with Gasteiger partial charge in [-0.25, -0.2) is 9.78 Å². The van der Waals surface area contributed by atoms with Crippen molar-refractivity contribution < 1.29 is 14.3 Å². The molecule has 4 aromatic rings. The summed E-state index contributed by atoms with van der Waals surface area (Å²) in [6, 6.07) is 21.3. The van der Waals surface area contributed by atoms with E-state index in [1.54, 1.807) is 35.8 Å². The first-order valence-electron chi connectivity index (χ1n) is 12.3. The Kier molecular flexibility index (Phi) is 8.20. The Labute approximate surface area is 216 Å². The Morgan fingerprint density at radius 1 is 1.03 bits per heavy atom. The number of rotatable bonds is 9. The smallest absolute Gasteiger partial charge is 0.322 e. The van der Waals surface area contributed by atoms with E-state index in [4.69, 9.17) is 14.5 Å². The highest BCUT2D eigenvalue weighted by Crippen LogP contribution is 2.30. The van der Waals surface area contributed by atoms with Crippen molar-refractivity contribution in [1.29, 1.82) is 0 Å². The van der Waals surface area contributed by atoms with Gasteiger partial charge >= 0.3 is 6.03 Å².